The van der Waals surface area contributed by atoms with E-state index in [0.717, 1.165) is 29.2 Å². The number of alkyl halides is 3. The quantitative estimate of drug-likeness (QED) is 0.333. The first-order valence-corrected chi connectivity index (χ1v) is 12.6. The van der Waals surface area contributed by atoms with Crippen LogP contribution >= 0.6 is 0 Å². The molecule has 0 unspecified atom stereocenters. The number of hydrazone groups is 1. The van der Waals surface area contributed by atoms with Crippen LogP contribution in [0, 0.1) is 5.82 Å². The molecule has 3 aromatic carbocycles. The van der Waals surface area contributed by atoms with Gasteiger partial charge in [-0.1, -0.05) is 30.3 Å². The first kappa shape index (κ1) is 29.5. The molecule has 1 aliphatic rings. The van der Waals surface area contributed by atoms with Gasteiger partial charge in [0.2, 0.25) is 0 Å². The van der Waals surface area contributed by atoms with Gasteiger partial charge in [0, 0.05) is 36.9 Å². The molecule has 4 rings (SSSR count). The normalized spacial score (nSPS) is 14.9. The molecule has 41 heavy (non-hydrogen) atoms. The van der Waals surface area contributed by atoms with Crippen molar-refractivity contribution in [3.8, 4) is 5.75 Å². The van der Waals surface area contributed by atoms with Crippen molar-refractivity contribution in [2.24, 2.45) is 5.10 Å². The van der Waals surface area contributed by atoms with Gasteiger partial charge in [-0.3, -0.25) is 4.79 Å². The summed E-state index contributed by atoms with van der Waals surface area (Å²) in [7, 11) is 2.95. The Morgan fingerprint density at radius 3 is 2.44 bits per heavy atom. The summed E-state index contributed by atoms with van der Waals surface area (Å²) < 4.78 is 63.9. The number of rotatable bonds is 9. The number of carbonyl (C=O) groups is 2. The molecule has 3 amide bonds. The minimum Gasteiger partial charge on any atom is -0.497 e. The SMILES string of the molecule is COCCN(CC(=O)N1N=C(c2cccc(OC)c2)C[C@@H]1c1ccccc1F)C(=O)Nc1ccc(C(F)(F)F)cc1. The molecule has 0 saturated carbocycles. The molecule has 0 fully saturated rings. The number of nitrogens with zero attached hydrogens (tertiary/aromatic N) is 3. The lowest BCUT2D eigenvalue weighted by Gasteiger charge is -2.27. The van der Waals surface area contributed by atoms with Gasteiger partial charge in [0.25, 0.3) is 5.91 Å². The van der Waals surface area contributed by atoms with E-state index in [4.69, 9.17) is 9.47 Å². The molecule has 3 aromatic rings. The Morgan fingerprint density at radius 2 is 1.78 bits per heavy atom. The van der Waals surface area contributed by atoms with E-state index in [-0.39, 0.29) is 30.8 Å². The monoisotopic (exact) mass is 572 g/mol. The lowest BCUT2D eigenvalue weighted by Crippen LogP contribution is -2.44. The molecule has 0 bridgehead atoms. The van der Waals surface area contributed by atoms with Crippen LogP contribution in [0.2, 0.25) is 0 Å². The van der Waals surface area contributed by atoms with Gasteiger partial charge in [0.05, 0.1) is 31.0 Å². The van der Waals surface area contributed by atoms with Crippen molar-refractivity contribution in [3.63, 3.8) is 0 Å². The number of benzene rings is 3. The molecule has 0 saturated heterocycles. The first-order chi connectivity index (χ1) is 19.6. The zero-order valence-corrected chi connectivity index (χ0v) is 22.3. The van der Waals surface area contributed by atoms with E-state index in [2.05, 4.69) is 10.4 Å². The summed E-state index contributed by atoms with van der Waals surface area (Å²) in [5, 5.41) is 8.20. The number of carbonyl (C=O) groups excluding carboxylic acids is 2. The molecule has 0 aromatic heterocycles. The zero-order valence-electron chi connectivity index (χ0n) is 22.3. The van der Waals surface area contributed by atoms with E-state index >= 15 is 0 Å². The maximum absolute atomic E-state index is 14.9. The number of hydrogen-bond donors (Lipinski definition) is 1. The number of urea groups is 1. The number of methoxy groups -OCH3 is 2. The second kappa shape index (κ2) is 12.8. The summed E-state index contributed by atoms with van der Waals surface area (Å²) in [4.78, 5) is 27.8. The van der Waals surface area contributed by atoms with Crippen LogP contribution in [0.15, 0.2) is 77.9 Å². The number of nitrogens with one attached hydrogen (secondary N) is 1. The van der Waals surface area contributed by atoms with Crippen LogP contribution in [0.3, 0.4) is 0 Å². The molecule has 216 valence electrons. The highest BCUT2D eigenvalue weighted by Crippen LogP contribution is 2.35. The maximum Gasteiger partial charge on any atom is 0.416 e. The van der Waals surface area contributed by atoms with Crippen LogP contribution in [0.25, 0.3) is 0 Å². The third-order valence-electron chi connectivity index (χ3n) is 6.48. The van der Waals surface area contributed by atoms with Gasteiger partial charge in [0.15, 0.2) is 0 Å². The van der Waals surface area contributed by atoms with Gasteiger partial charge in [0.1, 0.15) is 18.1 Å². The maximum atomic E-state index is 14.9. The van der Waals surface area contributed by atoms with Gasteiger partial charge >= 0.3 is 12.2 Å². The number of ether oxygens (including phenoxy) is 2. The highest BCUT2D eigenvalue weighted by molar-refractivity contribution is 6.03. The van der Waals surface area contributed by atoms with Crippen molar-refractivity contribution in [1.29, 1.82) is 0 Å². The fourth-order valence-electron chi connectivity index (χ4n) is 4.34. The van der Waals surface area contributed by atoms with Gasteiger partial charge in [-0.25, -0.2) is 14.2 Å². The highest BCUT2D eigenvalue weighted by atomic mass is 19.4. The summed E-state index contributed by atoms with van der Waals surface area (Å²) in [6.07, 6.45) is -4.30. The number of amides is 3. The van der Waals surface area contributed by atoms with Crippen LogP contribution in [-0.2, 0) is 15.7 Å². The predicted molar refractivity (Wildman–Crippen MR) is 144 cm³/mol. The third kappa shape index (κ3) is 7.20. The summed E-state index contributed by atoms with van der Waals surface area (Å²) in [5.41, 5.74) is 0.738. The van der Waals surface area contributed by atoms with Crippen LogP contribution < -0.4 is 10.1 Å². The molecule has 0 spiro atoms. The molecule has 1 N–H and O–H groups in total. The van der Waals surface area contributed by atoms with E-state index in [1.165, 1.54) is 25.3 Å². The first-order valence-electron chi connectivity index (χ1n) is 12.6. The number of halogens is 4. The number of anilines is 1. The second-order valence-electron chi connectivity index (χ2n) is 9.18. The van der Waals surface area contributed by atoms with E-state index in [1.807, 2.05) is 0 Å². The van der Waals surface area contributed by atoms with E-state index < -0.39 is 42.1 Å². The van der Waals surface area contributed by atoms with Gasteiger partial charge in [-0.15, -0.1) is 0 Å². The molecule has 8 nitrogen and oxygen atoms in total. The molecule has 1 atom stereocenters. The molecule has 0 aliphatic carbocycles. The van der Waals surface area contributed by atoms with E-state index in [0.29, 0.717) is 17.0 Å². The summed E-state index contributed by atoms with van der Waals surface area (Å²) >= 11 is 0. The summed E-state index contributed by atoms with van der Waals surface area (Å²) in [5.74, 6) is -0.508. The van der Waals surface area contributed by atoms with Crippen molar-refractivity contribution in [2.75, 3.05) is 39.2 Å². The Labute approximate surface area is 234 Å². The highest BCUT2D eigenvalue weighted by Gasteiger charge is 2.36. The van der Waals surface area contributed by atoms with Crippen LogP contribution in [0.4, 0.5) is 28.0 Å². The summed E-state index contributed by atoms with van der Waals surface area (Å²) in [6, 6.07) is 15.6. The van der Waals surface area contributed by atoms with E-state index in [1.54, 1.807) is 42.5 Å². The van der Waals surface area contributed by atoms with Crippen molar-refractivity contribution in [3.05, 3.63) is 95.3 Å². The number of hydrogen-bond acceptors (Lipinski definition) is 5. The Bertz CT molecular complexity index is 1410. The van der Waals surface area contributed by atoms with Gasteiger partial charge in [-0.2, -0.15) is 18.3 Å². The average Bonchev–Trinajstić information content (AvgIpc) is 3.41. The molecular formula is C29H28F4N4O4. The Balaban J connectivity index is 1.58. The zero-order chi connectivity index (χ0) is 29.6. The van der Waals surface area contributed by atoms with Gasteiger partial charge in [-0.05, 0) is 42.5 Å². The van der Waals surface area contributed by atoms with Crippen LogP contribution in [0.1, 0.15) is 29.2 Å². The Kier molecular flexibility index (Phi) is 9.23. The second-order valence-corrected chi connectivity index (χ2v) is 9.18. The molecule has 1 aliphatic heterocycles. The summed E-state index contributed by atoms with van der Waals surface area (Å²) in [6.45, 7) is -0.363. The molecule has 1 heterocycles. The van der Waals surface area contributed by atoms with Crippen molar-refractivity contribution < 1.29 is 36.6 Å². The van der Waals surface area contributed by atoms with Crippen molar-refractivity contribution >= 4 is 23.3 Å². The average molecular weight is 573 g/mol. The van der Waals surface area contributed by atoms with Crippen molar-refractivity contribution in [1.82, 2.24) is 9.91 Å². The van der Waals surface area contributed by atoms with Crippen LogP contribution in [0.5, 0.6) is 5.75 Å². The minimum absolute atomic E-state index is 0.000627. The fourth-order valence-corrected chi connectivity index (χ4v) is 4.34. The molecule has 12 heteroatoms. The minimum atomic E-state index is -4.52. The fraction of sp³-hybridized carbons (Fsp3) is 0.276. The Morgan fingerprint density at radius 1 is 1.05 bits per heavy atom. The van der Waals surface area contributed by atoms with Gasteiger partial charge < -0.3 is 19.7 Å². The smallest absolute Gasteiger partial charge is 0.416 e. The lowest BCUT2D eigenvalue weighted by molar-refractivity contribution is -0.137. The lowest BCUT2D eigenvalue weighted by atomic mass is 9.98. The topological polar surface area (TPSA) is 83.5 Å². The standard InChI is InChI=1S/C29H28F4N4O4/c1-40-15-14-36(28(39)34-21-12-10-20(11-13-21)29(31,32)33)18-27(38)37-26(23-8-3-4-9-24(23)30)17-25(35-37)19-6-5-7-22(16-19)41-2/h3-13,16,26H,14-15,17-18H2,1-2H3,(H,34,39)/t26-/m1/s1. The molecular weight excluding hydrogens is 544 g/mol. The van der Waals surface area contributed by atoms with E-state index in [9.17, 15) is 27.2 Å². The largest absolute Gasteiger partial charge is 0.497 e. The van der Waals surface area contributed by atoms with Crippen molar-refractivity contribution in [2.45, 2.75) is 18.6 Å². The molecule has 0 radical (unpaired) electrons. The predicted octanol–water partition coefficient (Wildman–Crippen LogP) is 5.71. The van der Waals surface area contributed by atoms with Crippen LogP contribution in [-0.4, -0.2) is 61.5 Å². The third-order valence-corrected chi connectivity index (χ3v) is 6.48. The Hall–Kier alpha value is -4.45.